The summed E-state index contributed by atoms with van der Waals surface area (Å²) in [4.78, 5) is 19.4. The molecule has 2 aromatic heterocycles. The van der Waals surface area contributed by atoms with Gasteiger partial charge < -0.3 is 4.90 Å². The quantitative estimate of drug-likeness (QED) is 0.730. The normalized spacial score (nSPS) is 22.4. The number of carbonyl (C=O) groups excluding carboxylic acids is 1. The average molecular weight is 318 g/mol. The van der Waals surface area contributed by atoms with Crippen molar-refractivity contribution in [1.29, 1.82) is 0 Å². The van der Waals surface area contributed by atoms with Gasteiger partial charge in [0.25, 0.3) is 5.91 Å². The summed E-state index contributed by atoms with van der Waals surface area (Å²) in [5.41, 5.74) is 3.26. The second kappa shape index (κ2) is 5.16. The van der Waals surface area contributed by atoms with Crippen LogP contribution in [0.15, 0.2) is 48.8 Å². The minimum absolute atomic E-state index is 0.0749. The highest BCUT2D eigenvalue weighted by atomic mass is 16.2. The van der Waals surface area contributed by atoms with Crippen molar-refractivity contribution in [3.05, 3.63) is 54.4 Å². The number of rotatable bonds is 2. The molecule has 2 unspecified atom stereocenters. The minimum atomic E-state index is 0.0749. The van der Waals surface area contributed by atoms with E-state index < -0.39 is 0 Å². The molecule has 0 radical (unpaired) electrons. The summed E-state index contributed by atoms with van der Waals surface area (Å²) in [5.74, 6) is 0.787. The number of aromatic nitrogens is 3. The van der Waals surface area contributed by atoms with Crippen LogP contribution in [0.5, 0.6) is 0 Å². The number of fused-ring (bicyclic) bond motifs is 2. The summed E-state index contributed by atoms with van der Waals surface area (Å²) in [7, 11) is 0. The Morgan fingerprint density at radius 3 is 2.83 bits per heavy atom. The summed E-state index contributed by atoms with van der Waals surface area (Å²) in [6, 6.07) is 12.4. The zero-order valence-corrected chi connectivity index (χ0v) is 13.3. The maximum Gasteiger partial charge on any atom is 0.259 e. The first kappa shape index (κ1) is 13.7. The van der Waals surface area contributed by atoms with Crippen LogP contribution >= 0.6 is 0 Å². The van der Waals surface area contributed by atoms with E-state index >= 15 is 0 Å². The van der Waals surface area contributed by atoms with Crippen molar-refractivity contribution in [2.24, 2.45) is 5.92 Å². The highest BCUT2D eigenvalue weighted by Gasteiger charge is 2.45. The summed E-state index contributed by atoms with van der Waals surface area (Å²) in [6.07, 6.45) is 7.06. The van der Waals surface area contributed by atoms with E-state index in [1.807, 2.05) is 41.3 Å². The molecular formula is C19H18N4O. The Balaban J connectivity index is 1.55. The maximum absolute atomic E-state index is 12.9. The van der Waals surface area contributed by atoms with E-state index in [9.17, 15) is 4.79 Å². The van der Waals surface area contributed by atoms with Crippen molar-refractivity contribution in [3.63, 3.8) is 0 Å². The van der Waals surface area contributed by atoms with Crippen LogP contribution in [0.1, 0.15) is 29.6 Å². The van der Waals surface area contributed by atoms with Crippen molar-refractivity contribution in [1.82, 2.24) is 19.5 Å². The van der Waals surface area contributed by atoms with E-state index in [-0.39, 0.29) is 5.91 Å². The molecule has 0 bridgehead atoms. The Labute approximate surface area is 139 Å². The van der Waals surface area contributed by atoms with Crippen molar-refractivity contribution in [2.75, 3.05) is 6.54 Å². The molecule has 5 nitrogen and oxygen atoms in total. The molecule has 5 rings (SSSR count). The third-order valence-corrected chi connectivity index (χ3v) is 5.41. The van der Waals surface area contributed by atoms with Crippen molar-refractivity contribution in [3.8, 4) is 11.3 Å². The highest BCUT2D eigenvalue weighted by Crippen LogP contribution is 2.39. The lowest BCUT2D eigenvalue weighted by molar-refractivity contribution is 0.0271. The van der Waals surface area contributed by atoms with E-state index in [2.05, 4.69) is 10.1 Å². The van der Waals surface area contributed by atoms with Crippen molar-refractivity contribution < 1.29 is 4.79 Å². The number of likely N-dealkylation sites (tertiary alicyclic amines) is 1. The number of benzene rings is 1. The molecule has 24 heavy (non-hydrogen) atoms. The number of hydrogen-bond acceptors (Lipinski definition) is 3. The molecule has 120 valence electrons. The van der Waals surface area contributed by atoms with Gasteiger partial charge in [-0.15, -0.1) is 0 Å². The largest absolute Gasteiger partial charge is 0.335 e. The molecule has 1 amide bonds. The van der Waals surface area contributed by atoms with Crippen LogP contribution in [0.3, 0.4) is 0 Å². The van der Waals surface area contributed by atoms with Gasteiger partial charge in [0, 0.05) is 24.3 Å². The fourth-order valence-corrected chi connectivity index (χ4v) is 4.15. The van der Waals surface area contributed by atoms with Crippen LogP contribution in [0.25, 0.3) is 16.9 Å². The van der Waals surface area contributed by atoms with E-state index in [4.69, 9.17) is 0 Å². The Morgan fingerprint density at radius 1 is 1.12 bits per heavy atom. The predicted octanol–water partition coefficient (Wildman–Crippen LogP) is 3.02. The third-order valence-electron chi connectivity index (χ3n) is 5.41. The van der Waals surface area contributed by atoms with Crippen molar-refractivity contribution >= 4 is 11.6 Å². The molecule has 5 heteroatoms. The van der Waals surface area contributed by atoms with E-state index in [0.717, 1.165) is 24.2 Å². The SMILES string of the molecule is O=C(c1cnn2c(-c3ccccc3)ccnc12)N1CC2CCCC21. The van der Waals surface area contributed by atoms with Gasteiger partial charge in [-0.05, 0) is 24.8 Å². The Morgan fingerprint density at radius 2 is 2.00 bits per heavy atom. The number of amides is 1. The molecular weight excluding hydrogens is 300 g/mol. The predicted molar refractivity (Wildman–Crippen MR) is 90.6 cm³/mol. The standard InChI is InChI=1S/C19H18N4O/c24-19(22-12-14-7-4-8-16(14)22)15-11-21-23-17(9-10-20-18(15)23)13-5-2-1-3-6-13/h1-3,5-6,9-11,14,16H,4,7-8,12H2. The summed E-state index contributed by atoms with van der Waals surface area (Å²) < 4.78 is 1.77. The van der Waals surface area contributed by atoms with Crippen LogP contribution in [0.2, 0.25) is 0 Å². The lowest BCUT2D eigenvalue weighted by Crippen LogP contribution is -2.55. The Kier molecular flexibility index (Phi) is 2.95. The molecule has 1 aromatic carbocycles. The van der Waals surface area contributed by atoms with Gasteiger partial charge in [0.05, 0.1) is 11.9 Å². The molecule has 0 N–H and O–H groups in total. The van der Waals surface area contributed by atoms with Crippen LogP contribution in [-0.4, -0.2) is 38.0 Å². The maximum atomic E-state index is 12.9. The zero-order chi connectivity index (χ0) is 16.1. The van der Waals surface area contributed by atoms with E-state index in [1.54, 1.807) is 16.9 Å². The van der Waals surface area contributed by atoms with Gasteiger partial charge in [-0.25, -0.2) is 9.50 Å². The van der Waals surface area contributed by atoms with Gasteiger partial charge in [-0.1, -0.05) is 36.8 Å². The molecule has 3 aromatic rings. The lowest BCUT2D eigenvalue weighted by atomic mass is 9.91. The molecule has 1 saturated carbocycles. The fourth-order valence-electron chi connectivity index (χ4n) is 4.15. The Hall–Kier alpha value is -2.69. The van der Waals surface area contributed by atoms with Gasteiger partial charge in [-0.3, -0.25) is 4.79 Å². The topological polar surface area (TPSA) is 50.5 Å². The molecule has 2 aliphatic rings. The zero-order valence-electron chi connectivity index (χ0n) is 13.3. The van der Waals surface area contributed by atoms with Gasteiger partial charge >= 0.3 is 0 Å². The third kappa shape index (κ3) is 1.90. The first-order valence-electron chi connectivity index (χ1n) is 8.52. The first-order valence-corrected chi connectivity index (χ1v) is 8.52. The molecule has 1 saturated heterocycles. The monoisotopic (exact) mass is 318 g/mol. The lowest BCUT2D eigenvalue weighted by Gasteiger charge is -2.44. The van der Waals surface area contributed by atoms with Crippen molar-refractivity contribution in [2.45, 2.75) is 25.3 Å². The van der Waals surface area contributed by atoms with Crippen LogP contribution in [0.4, 0.5) is 0 Å². The summed E-state index contributed by atoms with van der Waals surface area (Å²) in [6.45, 7) is 0.888. The fraction of sp³-hybridized carbons (Fsp3) is 0.316. The van der Waals surface area contributed by atoms with Crippen LogP contribution in [-0.2, 0) is 0 Å². The van der Waals surface area contributed by atoms with Crippen LogP contribution < -0.4 is 0 Å². The molecule has 3 heterocycles. The van der Waals surface area contributed by atoms with Gasteiger partial charge in [0.1, 0.15) is 5.56 Å². The summed E-state index contributed by atoms with van der Waals surface area (Å²) >= 11 is 0. The Bertz CT molecular complexity index is 918. The van der Waals surface area contributed by atoms with Crippen LogP contribution in [0, 0.1) is 5.92 Å². The first-order chi connectivity index (χ1) is 11.8. The average Bonchev–Trinajstić information content (AvgIpc) is 3.19. The van der Waals surface area contributed by atoms with Gasteiger partial charge in [0.15, 0.2) is 5.65 Å². The van der Waals surface area contributed by atoms with E-state index in [0.29, 0.717) is 23.2 Å². The number of carbonyl (C=O) groups is 1. The second-order valence-electron chi connectivity index (χ2n) is 6.71. The van der Waals surface area contributed by atoms with Gasteiger partial charge in [-0.2, -0.15) is 5.10 Å². The van der Waals surface area contributed by atoms with E-state index in [1.165, 1.54) is 12.8 Å². The molecule has 1 aliphatic heterocycles. The molecule has 2 atom stereocenters. The number of nitrogens with zero attached hydrogens (tertiary/aromatic N) is 4. The second-order valence-corrected chi connectivity index (χ2v) is 6.71. The molecule has 0 spiro atoms. The summed E-state index contributed by atoms with van der Waals surface area (Å²) in [5, 5.41) is 4.45. The smallest absolute Gasteiger partial charge is 0.259 e. The molecule has 2 fully saturated rings. The molecule has 1 aliphatic carbocycles. The number of hydrogen-bond donors (Lipinski definition) is 0. The highest BCUT2D eigenvalue weighted by molar-refractivity contribution is 6.00. The minimum Gasteiger partial charge on any atom is -0.335 e. The van der Waals surface area contributed by atoms with Gasteiger partial charge in [0.2, 0.25) is 0 Å².